The Kier molecular flexibility index (Phi) is 4.85. The van der Waals surface area contributed by atoms with Crippen LogP contribution in [0.5, 0.6) is 0 Å². The Bertz CT molecular complexity index is 921. The zero-order valence-electron chi connectivity index (χ0n) is 14.6. The number of carbonyl (C=O) groups is 1. The summed E-state index contributed by atoms with van der Waals surface area (Å²) in [6.45, 7) is 10.3. The zero-order valence-corrected chi connectivity index (χ0v) is 17.0. The van der Waals surface area contributed by atoms with Crippen LogP contribution in [0.3, 0.4) is 0 Å². The van der Waals surface area contributed by atoms with Crippen LogP contribution < -0.4 is 11.2 Å². The molecular formula is C16H21BrN2O4S. The van der Waals surface area contributed by atoms with Crippen molar-refractivity contribution in [2.24, 2.45) is 0 Å². The number of nitrogens with zero attached hydrogens (tertiary/aromatic N) is 1. The molecule has 2 rings (SSSR count). The van der Waals surface area contributed by atoms with E-state index in [0.29, 0.717) is 16.6 Å². The quantitative estimate of drug-likeness (QED) is 0.775. The third kappa shape index (κ3) is 3.09. The van der Waals surface area contributed by atoms with Crippen molar-refractivity contribution in [1.82, 2.24) is 9.55 Å². The molecule has 2 aromatic heterocycles. The Balaban J connectivity index is 2.67. The molecule has 0 saturated carbocycles. The molecule has 0 aliphatic carbocycles. The van der Waals surface area contributed by atoms with Crippen LogP contribution in [0.2, 0.25) is 0 Å². The van der Waals surface area contributed by atoms with E-state index in [9.17, 15) is 14.4 Å². The molecule has 8 heteroatoms. The molecule has 0 radical (unpaired) electrons. The Labute approximate surface area is 152 Å². The molecule has 2 aromatic rings. The number of hydrogen-bond donors (Lipinski definition) is 1. The summed E-state index contributed by atoms with van der Waals surface area (Å²) in [6.07, 6.45) is 0.621. The predicted molar refractivity (Wildman–Crippen MR) is 98.9 cm³/mol. The van der Waals surface area contributed by atoms with Crippen molar-refractivity contribution < 1.29 is 9.53 Å². The monoisotopic (exact) mass is 416 g/mol. The topological polar surface area (TPSA) is 81.2 Å². The summed E-state index contributed by atoms with van der Waals surface area (Å²) in [5, 5.41) is 0.405. The number of halogens is 1. The van der Waals surface area contributed by atoms with Crippen LogP contribution in [-0.2, 0) is 15.1 Å². The number of aryl methyl sites for hydroxylation is 1. The van der Waals surface area contributed by atoms with E-state index >= 15 is 0 Å². The maximum absolute atomic E-state index is 12.9. The van der Waals surface area contributed by atoms with Gasteiger partial charge in [0.15, 0.2) is 0 Å². The Morgan fingerprint density at radius 1 is 1.29 bits per heavy atom. The summed E-state index contributed by atoms with van der Waals surface area (Å²) in [5.41, 5.74) is -2.48. The fraction of sp³-hybridized carbons (Fsp3) is 0.562. The van der Waals surface area contributed by atoms with E-state index in [0.717, 1.165) is 13.9 Å². The number of H-pyrrole nitrogens is 1. The van der Waals surface area contributed by atoms with Gasteiger partial charge in [0.1, 0.15) is 16.0 Å². The number of nitrogens with one attached hydrogen (secondary N) is 1. The van der Waals surface area contributed by atoms with Crippen molar-refractivity contribution in [1.29, 1.82) is 0 Å². The first-order chi connectivity index (χ1) is 10.9. The van der Waals surface area contributed by atoms with Gasteiger partial charge < -0.3 is 4.74 Å². The lowest BCUT2D eigenvalue weighted by Gasteiger charge is -2.30. The number of ether oxygens (including phenoxy) is 1. The number of rotatable bonds is 4. The van der Waals surface area contributed by atoms with Gasteiger partial charge in [0.05, 0.1) is 9.17 Å². The summed E-state index contributed by atoms with van der Waals surface area (Å²) in [7, 11) is 0. The second-order valence-corrected chi connectivity index (χ2v) is 9.18. The first-order valence-electron chi connectivity index (χ1n) is 7.60. The summed E-state index contributed by atoms with van der Waals surface area (Å²) < 4.78 is 7.22. The highest BCUT2D eigenvalue weighted by molar-refractivity contribution is 9.11. The second kappa shape index (κ2) is 6.15. The molecule has 0 aliphatic rings. The number of carbonyl (C=O) groups excluding carboxylic acids is 1. The van der Waals surface area contributed by atoms with Crippen molar-refractivity contribution in [2.75, 3.05) is 0 Å². The molecule has 6 nitrogen and oxygen atoms in total. The number of aromatic amines is 1. The average Bonchev–Trinajstić information content (AvgIpc) is 2.73. The minimum Gasteiger partial charge on any atom is -0.458 e. The van der Waals surface area contributed by atoms with E-state index in [4.69, 9.17) is 4.74 Å². The zero-order chi connectivity index (χ0) is 18.4. The summed E-state index contributed by atoms with van der Waals surface area (Å²) in [4.78, 5) is 41.1. The molecule has 0 aliphatic heterocycles. The lowest BCUT2D eigenvalue weighted by molar-refractivity contribution is -0.166. The van der Waals surface area contributed by atoms with Crippen molar-refractivity contribution in [3.05, 3.63) is 30.2 Å². The molecule has 0 spiro atoms. The fourth-order valence-corrected chi connectivity index (χ4v) is 3.83. The number of fused-ring (bicyclic) bond motifs is 1. The van der Waals surface area contributed by atoms with E-state index in [-0.39, 0.29) is 0 Å². The molecule has 0 atom stereocenters. The fourth-order valence-electron chi connectivity index (χ4n) is 2.24. The smallest absolute Gasteiger partial charge is 0.332 e. The molecule has 1 N–H and O–H groups in total. The maximum atomic E-state index is 12.9. The van der Waals surface area contributed by atoms with Gasteiger partial charge in [-0.1, -0.05) is 6.92 Å². The summed E-state index contributed by atoms with van der Waals surface area (Å²) in [5.74, 6) is -0.617. The molecule has 24 heavy (non-hydrogen) atoms. The molecule has 0 amide bonds. The molecule has 0 unspecified atom stereocenters. The van der Waals surface area contributed by atoms with Gasteiger partial charge in [-0.15, -0.1) is 11.3 Å². The highest BCUT2D eigenvalue weighted by Crippen LogP contribution is 2.31. The maximum Gasteiger partial charge on any atom is 0.332 e. The Hall–Kier alpha value is -1.41. The van der Waals surface area contributed by atoms with Crippen LogP contribution in [-0.4, -0.2) is 21.1 Å². The van der Waals surface area contributed by atoms with E-state index < -0.39 is 28.4 Å². The van der Waals surface area contributed by atoms with Crippen LogP contribution in [0.15, 0.2) is 13.4 Å². The normalized spacial score (nSPS) is 12.6. The molecule has 0 saturated heterocycles. The van der Waals surface area contributed by atoms with Gasteiger partial charge in [-0.05, 0) is 62.5 Å². The highest BCUT2D eigenvalue weighted by Gasteiger charge is 2.38. The van der Waals surface area contributed by atoms with Gasteiger partial charge in [0.25, 0.3) is 5.56 Å². The number of thiophene rings is 1. The van der Waals surface area contributed by atoms with Crippen molar-refractivity contribution in [2.45, 2.75) is 59.1 Å². The van der Waals surface area contributed by atoms with Crippen molar-refractivity contribution in [3.63, 3.8) is 0 Å². The van der Waals surface area contributed by atoms with E-state index in [1.807, 2.05) is 6.92 Å². The summed E-state index contributed by atoms with van der Waals surface area (Å²) >= 11 is 4.66. The summed E-state index contributed by atoms with van der Waals surface area (Å²) in [6, 6.07) is 0. The van der Waals surface area contributed by atoms with Crippen LogP contribution >= 0.6 is 27.3 Å². The van der Waals surface area contributed by atoms with Crippen LogP contribution in [0.4, 0.5) is 0 Å². The third-order valence-corrected chi connectivity index (χ3v) is 6.28. The first kappa shape index (κ1) is 18.9. The van der Waals surface area contributed by atoms with E-state index in [1.165, 1.54) is 25.2 Å². The Morgan fingerprint density at radius 2 is 1.88 bits per heavy atom. The first-order valence-corrected chi connectivity index (χ1v) is 9.21. The molecule has 0 fully saturated rings. The lowest BCUT2D eigenvalue weighted by Crippen LogP contribution is -2.52. The molecule has 2 heterocycles. The third-order valence-electron chi connectivity index (χ3n) is 4.21. The number of hydrogen-bond acceptors (Lipinski definition) is 5. The standard InChI is InChI=1S/C16H21BrN2O4S/c1-7-15(3,4)23-13(21)16(5,6)19-12(20)9-8(2)10(17)24-11(9)18-14(19)22/h7H2,1-6H3,(H,18,22). The largest absolute Gasteiger partial charge is 0.458 e. The van der Waals surface area contributed by atoms with Crippen LogP contribution in [0.25, 0.3) is 10.2 Å². The molecule has 0 aromatic carbocycles. The minimum absolute atomic E-state index is 0.405. The second-order valence-electron chi connectivity index (χ2n) is 6.84. The minimum atomic E-state index is -1.42. The SMILES string of the molecule is CCC(C)(C)OC(=O)C(C)(C)n1c(=O)[nH]c2sc(Br)c(C)c2c1=O. The van der Waals surface area contributed by atoms with Crippen molar-refractivity contribution >= 4 is 43.5 Å². The molecule has 0 bridgehead atoms. The molecule has 132 valence electrons. The van der Waals surface area contributed by atoms with Gasteiger partial charge in [-0.25, -0.2) is 14.2 Å². The van der Waals surface area contributed by atoms with Gasteiger partial charge in [-0.3, -0.25) is 9.78 Å². The van der Waals surface area contributed by atoms with Gasteiger partial charge >= 0.3 is 11.7 Å². The van der Waals surface area contributed by atoms with Crippen LogP contribution in [0.1, 0.15) is 46.6 Å². The van der Waals surface area contributed by atoms with Gasteiger partial charge in [-0.2, -0.15) is 0 Å². The van der Waals surface area contributed by atoms with E-state index in [2.05, 4.69) is 20.9 Å². The Morgan fingerprint density at radius 3 is 2.42 bits per heavy atom. The van der Waals surface area contributed by atoms with E-state index in [1.54, 1.807) is 20.8 Å². The number of aromatic nitrogens is 2. The van der Waals surface area contributed by atoms with Crippen molar-refractivity contribution in [3.8, 4) is 0 Å². The van der Waals surface area contributed by atoms with Gasteiger partial charge in [0, 0.05) is 0 Å². The average molecular weight is 417 g/mol. The van der Waals surface area contributed by atoms with Crippen LogP contribution in [0, 0.1) is 6.92 Å². The highest BCUT2D eigenvalue weighted by atomic mass is 79.9. The number of esters is 1. The predicted octanol–water partition coefficient (Wildman–Crippen LogP) is 3.29. The lowest BCUT2D eigenvalue weighted by atomic mass is 10.0. The van der Waals surface area contributed by atoms with Gasteiger partial charge in [0.2, 0.25) is 0 Å². The molecular weight excluding hydrogens is 396 g/mol.